The molecule has 0 aliphatic carbocycles. The SMILES string of the molecule is Cc1nc(CCNC(=O)N[C@@H](C)Cn2ccnc2)cs1. The molecule has 2 N–H and O–H groups in total. The van der Waals surface area contributed by atoms with Crippen LogP contribution in [-0.2, 0) is 13.0 Å². The Labute approximate surface area is 122 Å². The number of rotatable bonds is 6. The van der Waals surface area contributed by atoms with Gasteiger partial charge in [-0.05, 0) is 13.8 Å². The zero-order valence-electron chi connectivity index (χ0n) is 11.7. The fourth-order valence-corrected chi connectivity index (χ4v) is 2.51. The van der Waals surface area contributed by atoms with E-state index in [9.17, 15) is 4.79 Å². The lowest BCUT2D eigenvalue weighted by molar-refractivity contribution is 0.236. The van der Waals surface area contributed by atoms with Crippen LogP contribution < -0.4 is 10.6 Å². The van der Waals surface area contributed by atoms with Crippen molar-refractivity contribution in [1.82, 2.24) is 25.2 Å². The van der Waals surface area contributed by atoms with Gasteiger partial charge in [0.15, 0.2) is 0 Å². The van der Waals surface area contributed by atoms with E-state index in [0.717, 1.165) is 17.1 Å². The highest BCUT2D eigenvalue weighted by Gasteiger charge is 2.07. The molecule has 2 rings (SSSR count). The minimum atomic E-state index is -0.149. The summed E-state index contributed by atoms with van der Waals surface area (Å²) < 4.78 is 1.93. The molecule has 0 aliphatic heterocycles. The summed E-state index contributed by atoms with van der Waals surface area (Å²) in [6.45, 7) is 5.24. The summed E-state index contributed by atoms with van der Waals surface area (Å²) in [6, 6.07) is -0.102. The van der Waals surface area contributed by atoms with Crippen molar-refractivity contribution in [2.24, 2.45) is 0 Å². The highest BCUT2D eigenvalue weighted by molar-refractivity contribution is 7.09. The Morgan fingerprint density at radius 3 is 3.05 bits per heavy atom. The van der Waals surface area contributed by atoms with Crippen LogP contribution in [0.1, 0.15) is 17.6 Å². The van der Waals surface area contributed by atoms with Crippen LogP contribution in [0.2, 0.25) is 0 Å². The van der Waals surface area contributed by atoms with E-state index < -0.39 is 0 Å². The van der Waals surface area contributed by atoms with Crippen LogP contribution in [0, 0.1) is 6.92 Å². The van der Waals surface area contributed by atoms with Gasteiger partial charge in [-0.25, -0.2) is 14.8 Å². The highest BCUT2D eigenvalue weighted by atomic mass is 32.1. The number of nitrogens with one attached hydrogen (secondary N) is 2. The third-order valence-electron chi connectivity index (χ3n) is 2.75. The van der Waals surface area contributed by atoms with E-state index >= 15 is 0 Å². The summed E-state index contributed by atoms with van der Waals surface area (Å²) in [6.07, 6.45) is 6.09. The first-order valence-corrected chi connectivity index (χ1v) is 7.42. The zero-order valence-corrected chi connectivity index (χ0v) is 12.5. The molecule has 0 bridgehead atoms. The maximum Gasteiger partial charge on any atom is 0.315 e. The second-order valence-electron chi connectivity index (χ2n) is 4.67. The number of aromatic nitrogens is 3. The van der Waals surface area contributed by atoms with Crippen molar-refractivity contribution in [3.05, 3.63) is 34.8 Å². The number of aryl methyl sites for hydroxylation is 1. The third kappa shape index (κ3) is 4.65. The molecule has 0 radical (unpaired) electrons. The zero-order chi connectivity index (χ0) is 14.4. The van der Waals surface area contributed by atoms with E-state index in [4.69, 9.17) is 0 Å². The molecule has 0 aliphatic rings. The molecule has 2 aromatic rings. The number of urea groups is 1. The molecule has 6 nitrogen and oxygen atoms in total. The van der Waals surface area contributed by atoms with Crippen LogP contribution >= 0.6 is 11.3 Å². The molecule has 0 saturated carbocycles. The average Bonchev–Trinajstić information content (AvgIpc) is 3.01. The molecule has 20 heavy (non-hydrogen) atoms. The number of hydrogen-bond donors (Lipinski definition) is 2. The molecule has 0 spiro atoms. The first-order valence-electron chi connectivity index (χ1n) is 6.54. The number of thiazole rings is 1. The Kier molecular flexibility index (Phi) is 5.11. The maximum absolute atomic E-state index is 11.7. The molecule has 0 fully saturated rings. The lowest BCUT2D eigenvalue weighted by Crippen LogP contribution is -2.43. The molecule has 0 aromatic carbocycles. The predicted octanol–water partition coefficient (Wildman–Crippen LogP) is 1.58. The largest absolute Gasteiger partial charge is 0.338 e. The number of amides is 2. The van der Waals surface area contributed by atoms with Gasteiger partial charge in [0, 0.05) is 43.3 Å². The fourth-order valence-electron chi connectivity index (χ4n) is 1.86. The Morgan fingerprint density at radius 2 is 2.40 bits per heavy atom. The highest BCUT2D eigenvalue weighted by Crippen LogP contribution is 2.07. The molecule has 2 amide bonds. The molecule has 0 saturated heterocycles. The molecule has 2 aromatic heterocycles. The topological polar surface area (TPSA) is 71.8 Å². The predicted molar refractivity (Wildman–Crippen MR) is 78.8 cm³/mol. The number of hydrogen-bond acceptors (Lipinski definition) is 4. The quantitative estimate of drug-likeness (QED) is 0.849. The number of imidazole rings is 1. The van der Waals surface area contributed by atoms with Crippen molar-refractivity contribution >= 4 is 17.4 Å². The van der Waals surface area contributed by atoms with Gasteiger partial charge in [-0.1, -0.05) is 0 Å². The number of carbonyl (C=O) groups is 1. The van der Waals surface area contributed by atoms with Crippen LogP contribution in [0.15, 0.2) is 24.1 Å². The minimum absolute atomic E-state index is 0.0470. The summed E-state index contributed by atoms with van der Waals surface area (Å²) >= 11 is 1.63. The minimum Gasteiger partial charge on any atom is -0.338 e. The van der Waals surface area contributed by atoms with Gasteiger partial charge in [-0.2, -0.15) is 0 Å². The van der Waals surface area contributed by atoms with Crippen molar-refractivity contribution in [2.75, 3.05) is 6.54 Å². The first kappa shape index (κ1) is 14.5. The summed E-state index contributed by atoms with van der Waals surface area (Å²) in [5.74, 6) is 0. The maximum atomic E-state index is 11.7. The van der Waals surface area contributed by atoms with Crippen LogP contribution in [0.4, 0.5) is 4.79 Å². The molecular formula is C13H19N5OS. The van der Waals surface area contributed by atoms with Gasteiger partial charge in [0.05, 0.1) is 17.0 Å². The Morgan fingerprint density at radius 1 is 1.55 bits per heavy atom. The van der Waals surface area contributed by atoms with E-state index in [1.807, 2.05) is 30.0 Å². The molecule has 2 heterocycles. The molecule has 1 atom stereocenters. The van der Waals surface area contributed by atoms with Gasteiger partial charge >= 0.3 is 6.03 Å². The number of carbonyl (C=O) groups excluding carboxylic acids is 1. The molecular weight excluding hydrogens is 274 g/mol. The summed E-state index contributed by atoms with van der Waals surface area (Å²) in [4.78, 5) is 20.0. The van der Waals surface area contributed by atoms with E-state index in [0.29, 0.717) is 13.1 Å². The second kappa shape index (κ2) is 7.04. The van der Waals surface area contributed by atoms with Crippen molar-refractivity contribution in [2.45, 2.75) is 32.9 Å². The van der Waals surface area contributed by atoms with E-state index in [1.54, 1.807) is 23.9 Å². The van der Waals surface area contributed by atoms with Gasteiger partial charge in [-0.15, -0.1) is 11.3 Å². The van der Waals surface area contributed by atoms with E-state index in [-0.39, 0.29) is 12.1 Å². The molecule has 0 unspecified atom stereocenters. The molecule has 7 heteroatoms. The van der Waals surface area contributed by atoms with Gasteiger partial charge in [0.2, 0.25) is 0 Å². The van der Waals surface area contributed by atoms with Crippen LogP contribution in [-0.4, -0.2) is 33.2 Å². The van der Waals surface area contributed by atoms with Crippen LogP contribution in [0.3, 0.4) is 0 Å². The summed E-state index contributed by atoms with van der Waals surface area (Å²) in [5, 5.41) is 8.81. The molecule has 108 valence electrons. The van der Waals surface area contributed by atoms with Gasteiger partial charge in [0.1, 0.15) is 0 Å². The van der Waals surface area contributed by atoms with Gasteiger partial charge < -0.3 is 15.2 Å². The standard InChI is InChI=1S/C13H19N5OS/c1-10(7-18-6-5-14-9-18)16-13(19)15-4-3-12-8-20-11(2)17-12/h5-6,8-10H,3-4,7H2,1-2H3,(H2,15,16,19)/t10-/m0/s1. The Bertz CT molecular complexity index is 537. The summed E-state index contributed by atoms with van der Waals surface area (Å²) in [7, 11) is 0. The lowest BCUT2D eigenvalue weighted by Gasteiger charge is -2.14. The Balaban J connectivity index is 1.64. The third-order valence-corrected chi connectivity index (χ3v) is 3.58. The van der Waals surface area contributed by atoms with Crippen molar-refractivity contribution < 1.29 is 4.79 Å². The van der Waals surface area contributed by atoms with Gasteiger partial charge in [-0.3, -0.25) is 0 Å². The average molecular weight is 293 g/mol. The fraction of sp³-hybridized carbons (Fsp3) is 0.462. The van der Waals surface area contributed by atoms with E-state index in [2.05, 4.69) is 20.6 Å². The van der Waals surface area contributed by atoms with Crippen LogP contribution in [0.5, 0.6) is 0 Å². The van der Waals surface area contributed by atoms with Crippen molar-refractivity contribution in [1.29, 1.82) is 0 Å². The van der Waals surface area contributed by atoms with Gasteiger partial charge in [0.25, 0.3) is 0 Å². The van der Waals surface area contributed by atoms with Crippen LogP contribution in [0.25, 0.3) is 0 Å². The Hall–Kier alpha value is -1.89. The number of nitrogens with zero attached hydrogens (tertiary/aromatic N) is 3. The van der Waals surface area contributed by atoms with E-state index in [1.165, 1.54) is 0 Å². The summed E-state index contributed by atoms with van der Waals surface area (Å²) in [5.41, 5.74) is 1.03. The lowest BCUT2D eigenvalue weighted by atomic mass is 10.3. The van der Waals surface area contributed by atoms with Crippen molar-refractivity contribution in [3.8, 4) is 0 Å². The first-order chi connectivity index (χ1) is 9.63. The normalized spacial score (nSPS) is 12.1. The second-order valence-corrected chi connectivity index (χ2v) is 5.73. The smallest absolute Gasteiger partial charge is 0.315 e. The van der Waals surface area contributed by atoms with Crippen molar-refractivity contribution in [3.63, 3.8) is 0 Å². The monoisotopic (exact) mass is 293 g/mol.